The van der Waals surface area contributed by atoms with Gasteiger partial charge in [-0.15, -0.1) is 0 Å². The molecule has 1 aromatic heterocycles. The van der Waals surface area contributed by atoms with Gasteiger partial charge in [0.25, 0.3) is 11.5 Å². The van der Waals surface area contributed by atoms with Crippen LogP contribution >= 0.6 is 0 Å². The summed E-state index contributed by atoms with van der Waals surface area (Å²) in [6.07, 6.45) is 5.38. The maximum atomic E-state index is 13.3. The summed E-state index contributed by atoms with van der Waals surface area (Å²) in [6.45, 7) is 4.88. The van der Waals surface area contributed by atoms with Crippen molar-refractivity contribution in [2.45, 2.75) is 71.2 Å². The zero-order valence-corrected chi connectivity index (χ0v) is 18.1. The Morgan fingerprint density at radius 2 is 1.83 bits per heavy atom. The van der Waals surface area contributed by atoms with Crippen molar-refractivity contribution in [3.63, 3.8) is 0 Å². The fourth-order valence-electron chi connectivity index (χ4n) is 4.10. The molecular weight excluding hydrogens is 388 g/mol. The van der Waals surface area contributed by atoms with Gasteiger partial charge in [-0.1, -0.05) is 26.7 Å². The number of rotatable bonds is 6. The lowest BCUT2D eigenvalue weighted by molar-refractivity contribution is -0.144. The van der Waals surface area contributed by atoms with E-state index in [4.69, 9.17) is 14.2 Å². The first kappa shape index (κ1) is 22.5. The molecule has 1 aliphatic heterocycles. The van der Waals surface area contributed by atoms with Gasteiger partial charge in [0, 0.05) is 5.69 Å². The second-order valence-corrected chi connectivity index (χ2v) is 8.25. The average Bonchev–Trinajstić information content (AvgIpc) is 3.21. The molecule has 1 atom stereocenters. The lowest BCUT2D eigenvalue weighted by Gasteiger charge is -2.24. The van der Waals surface area contributed by atoms with Crippen LogP contribution in [-0.2, 0) is 38.4 Å². The molecule has 1 unspecified atom stereocenters. The van der Waals surface area contributed by atoms with Gasteiger partial charge in [-0.3, -0.25) is 9.59 Å². The number of aryl methyl sites for hydroxylation is 1. The smallest absolute Gasteiger partial charge is 0.328 e. The predicted molar refractivity (Wildman–Crippen MR) is 110 cm³/mol. The number of nitrogens with zero attached hydrogens (tertiary/aromatic N) is 1. The maximum Gasteiger partial charge on any atom is 0.328 e. The first-order chi connectivity index (χ1) is 14.4. The van der Waals surface area contributed by atoms with Gasteiger partial charge >= 0.3 is 5.97 Å². The van der Waals surface area contributed by atoms with Gasteiger partial charge in [0.2, 0.25) is 0 Å². The largest absolute Gasteiger partial charge is 0.467 e. The number of nitrogens with one attached hydrogen (secondary N) is 1. The number of aromatic nitrogens is 1. The highest BCUT2D eigenvalue weighted by molar-refractivity contribution is 5.96. The number of hydrogen-bond acceptors (Lipinski definition) is 6. The van der Waals surface area contributed by atoms with Crippen molar-refractivity contribution >= 4 is 11.9 Å². The van der Waals surface area contributed by atoms with E-state index in [1.54, 1.807) is 10.6 Å². The maximum absolute atomic E-state index is 13.3. The van der Waals surface area contributed by atoms with Crippen LogP contribution in [0.2, 0.25) is 0 Å². The lowest BCUT2D eigenvalue weighted by Crippen LogP contribution is -2.47. The Labute approximate surface area is 176 Å². The normalized spacial score (nSPS) is 18.4. The fourth-order valence-corrected chi connectivity index (χ4v) is 4.10. The first-order valence-electron chi connectivity index (χ1n) is 10.8. The lowest BCUT2D eigenvalue weighted by atomic mass is 9.95. The van der Waals surface area contributed by atoms with Gasteiger partial charge in [0.15, 0.2) is 6.29 Å². The molecule has 1 aromatic rings. The van der Waals surface area contributed by atoms with E-state index in [1.807, 2.05) is 13.8 Å². The van der Waals surface area contributed by atoms with E-state index >= 15 is 0 Å². The summed E-state index contributed by atoms with van der Waals surface area (Å²) in [5.74, 6) is -1.26. The minimum absolute atomic E-state index is 0.0434. The zero-order valence-electron chi connectivity index (χ0n) is 18.1. The molecule has 0 aromatic carbocycles. The number of methoxy groups -OCH3 is 1. The molecule has 8 nitrogen and oxygen atoms in total. The number of carbonyl (C=O) groups is 2. The van der Waals surface area contributed by atoms with Crippen LogP contribution in [0.25, 0.3) is 0 Å². The third kappa shape index (κ3) is 5.10. The van der Waals surface area contributed by atoms with Crippen LogP contribution in [0.1, 0.15) is 61.1 Å². The number of fused-ring (bicyclic) bond motifs is 1. The third-order valence-corrected chi connectivity index (χ3v) is 5.78. The molecule has 1 aliphatic carbocycles. The van der Waals surface area contributed by atoms with Crippen LogP contribution < -0.4 is 10.9 Å². The van der Waals surface area contributed by atoms with Crippen LogP contribution in [0.4, 0.5) is 0 Å². The fraction of sp³-hybridized carbons (Fsp3) is 0.682. The quantitative estimate of drug-likeness (QED) is 0.705. The van der Waals surface area contributed by atoms with E-state index < -0.39 is 24.2 Å². The molecule has 0 radical (unpaired) electrons. The Bertz CT molecular complexity index is 826. The molecule has 1 N–H and O–H groups in total. The van der Waals surface area contributed by atoms with E-state index in [-0.39, 0.29) is 23.6 Å². The Kier molecular flexibility index (Phi) is 7.66. The standard InChI is InChI=1S/C22H32N2O6/c1-14(2)19(22(27)28-3)23-20(25)16-12-15-8-6-4-5-7-9-17(15)24(21(16)26)13-18-29-10-11-30-18/h12,14,18-19H,4-11,13H2,1-3H3,(H,23,25). The van der Waals surface area contributed by atoms with Crippen molar-refractivity contribution in [1.82, 2.24) is 9.88 Å². The first-order valence-corrected chi connectivity index (χ1v) is 10.8. The minimum atomic E-state index is -0.821. The van der Waals surface area contributed by atoms with Crippen LogP contribution in [0, 0.1) is 5.92 Å². The summed E-state index contributed by atoms with van der Waals surface area (Å²) in [5.41, 5.74) is 1.64. The topological polar surface area (TPSA) is 95.9 Å². The third-order valence-electron chi connectivity index (χ3n) is 5.78. The molecule has 2 heterocycles. The van der Waals surface area contributed by atoms with E-state index in [2.05, 4.69) is 5.32 Å². The number of ether oxygens (including phenoxy) is 3. The van der Waals surface area contributed by atoms with Gasteiger partial charge in [-0.2, -0.15) is 0 Å². The number of pyridine rings is 1. The molecule has 1 amide bonds. The van der Waals surface area contributed by atoms with Crippen LogP contribution in [0.5, 0.6) is 0 Å². The van der Waals surface area contributed by atoms with Crippen molar-refractivity contribution in [2.24, 2.45) is 5.92 Å². The second kappa shape index (κ2) is 10.2. The molecule has 1 saturated heterocycles. The van der Waals surface area contributed by atoms with Crippen LogP contribution in [-0.4, -0.2) is 49.1 Å². The molecule has 166 valence electrons. The predicted octanol–water partition coefficient (Wildman–Crippen LogP) is 1.81. The SMILES string of the molecule is COC(=O)C(NC(=O)c1cc2c(n(CC3OCCO3)c1=O)CCCCCC2)C(C)C. The summed E-state index contributed by atoms with van der Waals surface area (Å²) in [5, 5.41) is 2.69. The molecule has 1 fully saturated rings. The summed E-state index contributed by atoms with van der Waals surface area (Å²) in [4.78, 5) is 38.4. The van der Waals surface area contributed by atoms with Gasteiger partial charge in [-0.25, -0.2) is 4.79 Å². The van der Waals surface area contributed by atoms with Gasteiger partial charge in [0.05, 0.1) is 26.9 Å². The van der Waals surface area contributed by atoms with E-state index in [0.717, 1.165) is 49.8 Å². The van der Waals surface area contributed by atoms with Crippen LogP contribution in [0.15, 0.2) is 10.9 Å². The Hall–Kier alpha value is -2.19. The molecule has 0 spiro atoms. The van der Waals surface area contributed by atoms with Crippen molar-refractivity contribution < 1.29 is 23.8 Å². The van der Waals surface area contributed by atoms with Crippen molar-refractivity contribution in [3.8, 4) is 0 Å². The number of amides is 1. The van der Waals surface area contributed by atoms with E-state index in [9.17, 15) is 14.4 Å². The highest BCUT2D eigenvalue weighted by Gasteiger charge is 2.29. The monoisotopic (exact) mass is 420 g/mol. The summed E-state index contributed by atoms with van der Waals surface area (Å²) < 4.78 is 17.6. The molecule has 8 heteroatoms. The molecule has 0 bridgehead atoms. The van der Waals surface area contributed by atoms with Crippen LogP contribution in [0.3, 0.4) is 0 Å². The van der Waals surface area contributed by atoms with Crippen molar-refractivity contribution in [3.05, 3.63) is 33.2 Å². The molecular formula is C22H32N2O6. The Morgan fingerprint density at radius 1 is 1.17 bits per heavy atom. The highest BCUT2D eigenvalue weighted by Crippen LogP contribution is 2.21. The molecule has 0 saturated carbocycles. The molecule has 2 aliphatic rings. The number of esters is 1. The highest BCUT2D eigenvalue weighted by atomic mass is 16.7. The van der Waals surface area contributed by atoms with E-state index in [0.29, 0.717) is 13.2 Å². The Balaban J connectivity index is 1.98. The summed E-state index contributed by atoms with van der Waals surface area (Å²) >= 11 is 0. The minimum Gasteiger partial charge on any atom is -0.467 e. The zero-order chi connectivity index (χ0) is 21.7. The Morgan fingerprint density at radius 3 is 2.47 bits per heavy atom. The van der Waals surface area contributed by atoms with Gasteiger partial charge in [-0.05, 0) is 43.2 Å². The van der Waals surface area contributed by atoms with Crippen molar-refractivity contribution in [1.29, 1.82) is 0 Å². The average molecular weight is 421 g/mol. The number of hydrogen-bond donors (Lipinski definition) is 1. The van der Waals surface area contributed by atoms with Crippen molar-refractivity contribution in [2.75, 3.05) is 20.3 Å². The summed E-state index contributed by atoms with van der Waals surface area (Å²) in [6, 6.07) is 0.888. The summed E-state index contributed by atoms with van der Waals surface area (Å²) in [7, 11) is 1.28. The molecule has 3 rings (SSSR count). The van der Waals surface area contributed by atoms with E-state index in [1.165, 1.54) is 7.11 Å². The molecule has 30 heavy (non-hydrogen) atoms. The number of carbonyl (C=O) groups excluding carboxylic acids is 2. The van der Waals surface area contributed by atoms with Gasteiger partial charge < -0.3 is 24.1 Å². The van der Waals surface area contributed by atoms with Gasteiger partial charge in [0.1, 0.15) is 11.6 Å². The second-order valence-electron chi connectivity index (χ2n) is 8.25.